The zero-order valence-corrected chi connectivity index (χ0v) is 20.7. The monoisotopic (exact) mass is 502 g/mol. The van der Waals surface area contributed by atoms with Gasteiger partial charge in [-0.05, 0) is 56.0 Å². The number of allylic oxidation sites excluding steroid dienone is 1. The molecular formula is C23H31F4N4O2P. The second-order valence-electron chi connectivity index (χ2n) is 8.66. The number of nitrogens with zero attached hydrogens (tertiary/aromatic N) is 2. The van der Waals surface area contributed by atoms with E-state index >= 15 is 0 Å². The number of likely N-dealkylation sites (tertiary alicyclic amines) is 1. The maximum Gasteiger partial charge on any atom is 0.283 e. The van der Waals surface area contributed by atoms with E-state index in [2.05, 4.69) is 10.3 Å². The van der Waals surface area contributed by atoms with Crippen LogP contribution in [0.4, 0.5) is 17.6 Å². The zero-order valence-electron chi connectivity index (χ0n) is 19.5. The van der Waals surface area contributed by atoms with Crippen molar-refractivity contribution in [2.75, 3.05) is 19.6 Å². The van der Waals surface area contributed by atoms with Crippen molar-refractivity contribution in [2.24, 2.45) is 16.6 Å². The van der Waals surface area contributed by atoms with Gasteiger partial charge in [-0.15, -0.1) is 0 Å². The molecular weight excluding hydrogens is 471 g/mol. The predicted octanol–water partition coefficient (Wildman–Crippen LogP) is 3.90. The van der Waals surface area contributed by atoms with Gasteiger partial charge in [0.15, 0.2) is 0 Å². The van der Waals surface area contributed by atoms with Crippen molar-refractivity contribution in [3.8, 4) is 0 Å². The third-order valence-corrected chi connectivity index (χ3v) is 5.87. The normalized spacial score (nSPS) is 17.1. The first kappa shape index (κ1) is 27.9. The maximum atomic E-state index is 14.2. The number of carbonyl (C=O) groups excluding carboxylic acids is 2. The first-order valence-electron chi connectivity index (χ1n) is 10.9. The Morgan fingerprint density at radius 3 is 2.35 bits per heavy atom. The molecule has 1 fully saturated rings. The van der Waals surface area contributed by atoms with E-state index in [1.54, 1.807) is 6.92 Å². The van der Waals surface area contributed by atoms with Crippen LogP contribution < -0.4 is 11.1 Å². The summed E-state index contributed by atoms with van der Waals surface area (Å²) in [7, 11) is 1.37. The van der Waals surface area contributed by atoms with E-state index in [-0.39, 0.29) is 30.8 Å². The summed E-state index contributed by atoms with van der Waals surface area (Å²) >= 11 is 0. The average Bonchev–Trinajstić information content (AvgIpc) is 2.70. The van der Waals surface area contributed by atoms with Crippen LogP contribution in [0.5, 0.6) is 0 Å². The first-order valence-corrected chi connectivity index (χ1v) is 11.4. The van der Waals surface area contributed by atoms with Crippen molar-refractivity contribution in [1.29, 1.82) is 0 Å². The lowest BCUT2D eigenvalue weighted by atomic mass is 9.93. The van der Waals surface area contributed by atoms with E-state index in [0.29, 0.717) is 31.1 Å². The number of nitrogens with two attached hydrogens (primary N) is 1. The molecule has 34 heavy (non-hydrogen) atoms. The lowest BCUT2D eigenvalue weighted by molar-refractivity contribution is -0.118. The van der Waals surface area contributed by atoms with Crippen LogP contribution in [0.2, 0.25) is 0 Å². The summed E-state index contributed by atoms with van der Waals surface area (Å²) in [6.07, 6.45) is 3.44. The Morgan fingerprint density at radius 1 is 1.24 bits per heavy atom. The Bertz CT molecular complexity index is 963. The SMILES string of the molecule is CC(=O)NC(=NCC(N)=O)/C(C)=C/C1CCN(Cc2ccc(C(F)(F)P)cc2C(C)(F)F)CC1. The van der Waals surface area contributed by atoms with Gasteiger partial charge < -0.3 is 11.1 Å². The maximum absolute atomic E-state index is 14.2. The van der Waals surface area contributed by atoms with Crippen LogP contribution in [0, 0.1) is 5.92 Å². The number of piperidine rings is 1. The summed E-state index contributed by atoms with van der Waals surface area (Å²) in [4.78, 5) is 28.6. The molecule has 1 heterocycles. The number of alkyl halides is 4. The smallest absolute Gasteiger partial charge is 0.283 e. The number of aliphatic imine (C=N–C) groups is 1. The molecule has 1 unspecified atom stereocenters. The molecule has 3 N–H and O–H groups in total. The highest BCUT2D eigenvalue weighted by Crippen LogP contribution is 2.39. The highest BCUT2D eigenvalue weighted by molar-refractivity contribution is 7.17. The summed E-state index contributed by atoms with van der Waals surface area (Å²) in [5, 5.41) is 2.60. The molecule has 2 amide bonds. The van der Waals surface area contributed by atoms with Gasteiger partial charge in [0.25, 0.3) is 11.6 Å². The molecule has 1 aliphatic rings. The summed E-state index contributed by atoms with van der Waals surface area (Å²) in [5.41, 5.74) is 2.02. The number of benzene rings is 1. The Kier molecular flexibility index (Phi) is 9.37. The fourth-order valence-corrected chi connectivity index (χ4v) is 4.05. The number of carbonyl (C=O) groups is 2. The van der Waals surface area contributed by atoms with Gasteiger partial charge in [-0.3, -0.25) is 19.5 Å². The number of rotatable bonds is 8. The van der Waals surface area contributed by atoms with Gasteiger partial charge in [0.1, 0.15) is 12.4 Å². The highest BCUT2D eigenvalue weighted by Gasteiger charge is 2.33. The molecule has 1 saturated heterocycles. The third kappa shape index (κ3) is 8.47. The molecule has 0 aliphatic carbocycles. The Balaban J connectivity index is 2.09. The minimum atomic E-state index is -3.28. The minimum absolute atomic E-state index is 0.161. The van der Waals surface area contributed by atoms with Crippen LogP contribution >= 0.6 is 9.24 Å². The van der Waals surface area contributed by atoms with Gasteiger partial charge in [-0.1, -0.05) is 27.4 Å². The number of primary amides is 1. The van der Waals surface area contributed by atoms with Crippen LogP contribution in [0.25, 0.3) is 0 Å². The van der Waals surface area contributed by atoms with Crippen LogP contribution in [-0.2, 0) is 27.7 Å². The van der Waals surface area contributed by atoms with Gasteiger partial charge in [-0.2, -0.15) is 8.78 Å². The van der Waals surface area contributed by atoms with Crippen molar-refractivity contribution >= 4 is 26.9 Å². The fourth-order valence-electron chi connectivity index (χ4n) is 3.87. The number of amidine groups is 1. The second-order valence-corrected chi connectivity index (χ2v) is 9.38. The molecule has 11 heteroatoms. The van der Waals surface area contributed by atoms with Crippen LogP contribution in [0.1, 0.15) is 50.3 Å². The van der Waals surface area contributed by atoms with Crippen LogP contribution in [0.3, 0.4) is 0 Å². The number of amides is 2. The van der Waals surface area contributed by atoms with E-state index in [0.717, 1.165) is 18.9 Å². The number of hydrogen-bond donors (Lipinski definition) is 2. The topological polar surface area (TPSA) is 87.8 Å². The number of halogens is 4. The van der Waals surface area contributed by atoms with Crippen molar-refractivity contribution in [3.05, 3.63) is 46.5 Å². The summed E-state index contributed by atoms with van der Waals surface area (Å²) in [5.74, 6) is -3.73. The van der Waals surface area contributed by atoms with E-state index in [1.807, 2.05) is 11.0 Å². The Morgan fingerprint density at radius 2 is 1.85 bits per heavy atom. The molecule has 1 aliphatic heterocycles. The minimum Gasteiger partial charge on any atom is -0.368 e. The van der Waals surface area contributed by atoms with Crippen molar-refractivity contribution in [3.63, 3.8) is 0 Å². The van der Waals surface area contributed by atoms with Gasteiger partial charge in [-0.25, -0.2) is 8.78 Å². The van der Waals surface area contributed by atoms with E-state index < -0.39 is 28.6 Å². The number of hydrogen-bond acceptors (Lipinski definition) is 4. The van der Waals surface area contributed by atoms with E-state index in [4.69, 9.17) is 5.73 Å². The third-order valence-electron chi connectivity index (χ3n) is 5.54. The van der Waals surface area contributed by atoms with Crippen LogP contribution in [0.15, 0.2) is 34.8 Å². The molecule has 0 saturated carbocycles. The van der Waals surface area contributed by atoms with Crippen molar-refractivity contribution in [2.45, 2.75) is 51.7 Å². The Labute approximate surface area is 199 Å². The quantitative estimate of drug-likeness (QED) is 0.245. The standard InChI is InChI=1S/C23H31F4N4O2P/c1-14(21(30-15(2)32)29-12-20(28)33)10-16-6-8-31(9-7-16)13-17-4-5-18(23(26,27)34)11-19(17)22(3,24)25/h4-5,10-11,16H,6-9,12-13,34H2,1-3H3,(H2,28,33)(H,29,30,32)/b14-10+. The molecule has 0 spiro atoms. The summed E-state index contributed by atoms with van der Waals surface area (Å²) in [6.45, 7) is 5.06. The van der Waals surface area contributed by atoms with Crippen molar-refractivity contribution < 1.29 is 27.2 Å². The molecule has 1 aromatic carbocycles. The van der Waals surface area contributed by atoms with Gasteiger partial charge >= 0.3 is 0 Å². The zero-order chi connectivity index (χ0) is 25.7. The molecule has 0 bridgehead atoms. The molecule has 1 aromatic rings. The van der Waals surface area contributed by atoms with Crippen molar-refractivity contribution in [1.82, 2.24) is 10.2 Å². The van der Waals surface area contributed by atoms with Gasteiger partial charge in [0, 0.05) is 31.5 Å². The van der Waals surface area contributed by atoms with Gasteiger partial charge in [0.05, 0.1) is 0 Å². The molecule has 1 atom stereocenters. The molecule has 0 radical (unpaired) electrons. The molecule has 6 nitrogen and oxygen atoms in total. The first-order chi connectivity index (χ1) is 15.7. The molecule has 2 rings (SSSR count). The van der Waals surface area contributed by atoms with E-state index in [1.165, 1.54) is 28.3 Å². The largest absolute Gasteiger partial charge is 0.368 e. The van der Waals surface area contributed by atoms with E-state index in [9.17, 15) is 27.2 Å². The summed E-state index contributed by atoms with van der Waals surface area (Å²) < 4.78 is 55.6. The lowest BCUT2D eigenvalue weighted by Gasteiger charge is -2.32. The fraction of sp³-hybridized carbons (Fsp3) is 0.522. The van der Waals surface area contributed by atoms with Gasteiger partial charge in [0.2, 0.25) is 11.8 Å². The average molecular weight is 502 g/mol. The lowest BCUT2D eigenvalue weighted by Crippen LogP contribution is -2.34. The summed E-state index contributed by atoms with van der Waals surface area (Å²) in [6, 6.07) is 3.42. The second kappa shape index (κ2) is 11.4. The highest BCUT2D eigenvalue weighted by atomic mass is 31.0. The molecule has 188 valence electrons. The molecule has 0 aromatic heterocycles. The number of nitrogens with one attached hydrogen (secondary N) is 1. The predicted molar refractivity (Wildman–Crippen MR) is 127 cm³/mol. The Hall–Kier alpha value is -2.32. The van der Waals surface area contributed by atoms with Crippen LogP contribution in [-0.4, -0.2) is 42.2 Å².